The van der Waals surface area contributed by atoms with E-state index in [4.69, 9.17) is 5.11 Å². The Balaban J connectivity index is 2.08. The highest BCUT2D eigenvalue weighted by Crippen LogP contribution is 2.28. The fourth-order valence-electron chi connectivity index (χ4n) is 2.42. The topological polar surface area (TPSA) is 60.9 Å². The Morgan fingerprint density at radius 2 is 2.13 bits per heavy atom. The number of carbonyl (C=O) groups excluding carboxylic acids is 1. The number of urea groups is 1. The summed E-state index contributed by atoms with van der Waals surface area (Å²) in [5.41, 5.74) is 0. The van der Waals surface area contributed by atoms with Crippen molar-refractivity contribution in [2.45, 2.75) is 25.3 Å². The van der Waals surface area contributed by atoms with Crippen LogP contribution in [0, 0.1) is 5.92 Å². The van der Waals surface area contributed by atoms with Gasteiger partial charge in [0.1, 0.15) is 0 Å². The van der Waals surface area contributed by atoms with E-state index < -0.39 is 5.97 Å². The first kappa shape index (κ1) is 10.3. The molecule has 2 fully saturated rings. The number of fused-ring (bicyclic) bond motifs is 1. The third kappa shape index (κ3) is 1.78. The molecule has 0 aromatic rings. The van der Waals surface area contributed by atoms with E-state index in [1.165, 1.54) is 0 Å². The Hall–Kier alpha value is -1.26. The van der Waals surface area contributed by atoms with Gasteiger partial charge >= 0.3 is 12.0 Å². The number of rotatable bonds is 1. The molecule has 0 unspecified atom stereocenters. The maximum atomic E-state index is 11.8. The van der Waals surface area contributed by atoms with Gasteiger partial charge in [-0.1, -0.05) is 0 Å². The molecule has 15 heavy (non-hydrogen) atoms. The molecule has 0 spiro atoms. The molecule has 0 aromatic heterocycles. The monoisotopic (exact) mass is 212 g/mol. The highest BCUT2D eigenvalue weighted by Gasteiger charge is 2.38. The average Bonchev–Trinajstić information content (AvgIpc) is 2.23. The largest absolute Gasteiger partial charge is 0.481 e. The second kappa shape index (κ2) is 3.72. The quantitative estimate of drug-likeness (QED) is 0.692. The smallest absolute Gasteiger partial charge is 0.320 e. The second-order valence-corrected chi connectivity index (χ2v) is 4.41. The van der Waals surface area contributed by atoms with Gasteiger partial charge in [-0.2, -0.15) is 0 Å². The lowest BCUT2D eigenvalue weighted by Gasteiger charge is -2.44. The number of amides is 2. The van der Waals surface area contributed by atoms with Gasteiger partial charge in [-0.25, -0.2) is 4.79 Å². The second-order valence-electron chi connectivity index (χ2n) is 4.41. The standard InChI is InChI=1S/C10H16N2O3/c1-11-5-4-8-3-2-7(9(13)14)6-12(8)10(11)15/h7-8H,2-6H2,1H3,(H,13,14)/t7-,8-/m0/s1. The molecule has 2 amide bonds. The maximum Gasteiger partial charge on any atom is 0.320 e. The summed E-state index contributed by atoms with van der Waals surface area (Å²) < 4.78 is 0. The van der Waals surface area contributed by atoms with Crippen LogP contribution in [0.1, 0.15) is 19.3 Å². The molecular formula is C10H16N2O3. The zero-order valence-corrected chi connectivity index (χ0v) is 8.85. The van der Waals surface area contributed by atoms with Crippen LogP contribution in [-0.2, 0) is 4.79 Å². The van der Waals surface area contributed by atoms with Crippen LogP contribution in [-0.4, -0.2) is 53.1 Å². The Bertz CT molecular complexity index is 292. The first-order chi connectivity index (χ1) is 7.09. The molecule has 0 saturated carbocycles. The number of carboxylic acids is 1. The van der Waals surface area contributed by atoms with Crippen molar-refractivity contribution in [3.05, 3.63) is 0 Å². The number of carbonyl (C=O) groups is 2. The maximum absolute atomic E-state index is 11.8. The Morgan fingerprint density at radius 1 is 1.40 bits per heavy atom. The van der Waals surface area contributed by atoms with Crippen LogP contribution in [0.25, 0.3) is 0 Å². The predicted molar refractivity (Wildman–Crippen MR) is 53.5 cm³/mol. The molecule has 0 bridgehead atoms. The van der Waals surface area contributed by atoms with E-state index in [1.807, 2.05) is 0 Å². The van der Waals surface area contributed by atoms with Crippen molar-refractivity contribution in [1.82, 2.24) is 9.80 Å². The van der Waals surface area contributed by atoms with Crippen molar-refractivity contribution in [3.63, 3.8) is 0 Å². The number of hydrogen-bond acceptors (Lipinski definition) is 2. The van der Waals surface area contributed by atoms with Gasteiger partial charge in [-0.3, -0.25) is 4.79 Å². The van der Waals surface area contributed by atoms with E-state index in [0.29, 0.717) is 13.0 Å². The van der Waals surface area contributed by atoms with Gasteiger partial charge in [-0.15, -0.1) is 0 Å². The zero-order chi connectivity index (χ0) is 11.0. The summed E-state index contributed by atoms with van der Waals surface area (Å²) in [5, 5.41) is 8.93. The van der Waals surface area contributed by atoms with Crippen molar-refractivity contribution >= 4 is 12.0 Å². The summed E-state index contributed by atoms with van der Waals surface area (Å²) >= 11 is 0. The number of nitrogens with zero attached hydrogens (tertiary/aromatic N) is 2. The van der Waals surface area contributed by atoms with E-state index >= 15 is 0 Å². The molecule has 2 saturated heterocycles. The molecule has 5 heteroatoms. The average molecular weight is 212 g/mol. The van der Waals surface area contributed by atoms with Crippen molar-refractivity contribution in [3.8, 4) is 0 Å². The molecule has 84 valence electrons. The molecule has 2 heterocycles. The van der Waals surface area contributed by atoms with Gasteiger partial charge in [0, 0.05) is 26.2 Å². The highest BCUT2D eigenvalue weighted by molar-refractivity contribution is 5.77. The van der Waals surface area contributed by atoms with E-state index in [2.05, 4.69) is 0 Å². The van der Waals surface area contributed by atoms with Gasteiger partial charge < -0.3 is 14.9 Å². The van der Waals surface area contributed by atoms with Crippen LogP contribution in [0.4, 0.5) is 4.79 Å². The predicted octanol–water partition coefficient (Wildman–Crippen LogP) is 0.607. The number of piperidine rings is 1. The summed E-state index contributed by atoms with van der Waals surface area (Å²) in [6, 6.07) is 0.251. The van der Waals surface area contributed by atoms with Crippen LogP contribution in [0.2, 0.25) is 0 Å². The fourth-order valence-corrected chi connectivity index (χ4v) is 2.42. The zero-order valence-electron chi connectivity index (χ0n) is 8.85. The van der Waals surface area contributed by atoms with Crippen LogP contribution >= 0.6 is 0 Å². The molecule has 0 radical (unpaired) electrons. The summed E-state index contributed by atoms with van der Waals surface area (Å²) in [5.74, 6) is -1.16. The van der Waals surface area contributed by atoms with Gasteiger partial charge in [0.25, 0.3) is 0 Å². The van der Waals surface area contributed by atoms with Crippen LogP contribution in [0.5, 0.6) is 0 Å². The molecule has 5 nitrogen and oxygen atoms in total. The van der Waals surface area contributed by atoms with Crippen molar-refractivity contribution < 1.29 is 14.7 Å². The number of aliphatic carboxylic acids is 1. The minimum absolute atomic E-state index is 0.0165. The van der Waals surface area contributed by atoms with E-state index in [9.17, 15) is 9.59 Å². The molecule has 0 aromatic carbocycles. The molecule has 2 rings (SSSR count). The Labute approximate surface area is 88.6 Å². The number of carboxylic acid groups (broad SMARTS) is 1. The van der Waals surface area contributed by atoms with E-state index in [0.717, 1.165) is 19.4 Å². The van der Waals surface area contributed by atoms with Gasteiger partial charge in [0.15, 0.2) is 0 Å². The number of hydrogen-bond donors (Lipinski definition) is 1. The third-order valence-electron chi connectivity index (χ3n) is 3.43. The minimum Gasteiger partial charge on any atom is -0.481 e. The van der Waals surface area contributed by atoms with Crippen molar-refractivity contribution in [2.75, 3.05) is 20.1 Å². The SMILES string of the molecule is CN1CC[C@@H]2CC[C@H](C(=O)O)CN2C1=O. The van der Waals surface area contributed by atoms with Gasteiger partial charge in [0.2, 0.25) is 0 Å². The Morgan fingerprint density at radius 3 is 2.80 bits per heavy atom. The minimum atomic E-state index is -0.783. The summed E-state index contributed by atoms with van der Waals surface area (Å²) in [6.45, 7) is 1.17. The lowest BCUT2D eigenvalue weighted by atomic mass is 9.90. The third-order valence-corrected chi connectivity index (χ3v) is 3.43. The summed E-state index contributed by atoms with van der Waals surface area (Å²) in [7, 11) is 1.77. The van der Waals surface area contributed by atoms with E-state index in [-0.39, 0.29) is 18.0 Å². The molecule has 2 atom stereocenters. The molecule has 0 aliphatic carbocycles. The van der Waals surface area contributed by atoms with Crippen molar-refractivity contribution in [1.29, 1.82) is 0 Å². The first-order valence-electron chi connectivity index (χ1n) is 5.34. The first-order valence-corrected chi connectivity index (χ1v) is 5.34. The molecular weight excluding hydrogens is 196 g/mol. The summed E-state index contributed by atoms with van der Waals surface area (Å²) in [4.78, 5) is 26.0. The lowest BCUT2D eigenvalue weighted by Crippen LogP contribution is -2.57. The lowest BCUT2D eigenvalue weighted by molar-refractivity contribution is -0.143. The van der Waals surface area contributed by atoms with Gasteiger partial charge in [-0.05, 0) is 19.3 Å². The molecule has 2 aliphatic heterocycles. The van der Waals surface area contributed by atoms with Crippen LogP contribution in [0.15, 0.2) is 0 Å². The van der Waals surface area contributed by atoms with Crippen LogP contribution < -0.4 is 0 Å². The van der Waals surface area contributed by atoms with Gasteiger partial charge in [0.05, 0.1) is 5.92 Å². The fraction of sp³-hybridized carbons (Fsp3) is 0.800. The molecule has 2 aliphatic rings. The van der Waals surface area contributed by atoms with Crippen molar-refractivity contribution in [2.24, 2.45) is 5.92 Å². The highest BCUT2D eigenvalue weighted by atomic mass is 16.4. The molecule has 1 N–H and O–H groups in total. The van der Waals surface area contributed by atoms with Crippen LogP contribution in [0.3, 0.4) is 0 Å². The Kier molecular flexibility index (Phi) is 2.54. The normalized spacial score (nSPS) is 31.4. The summed E-state index contributed by atoms with van der Waals surface area (Å²) in [6.07, 6.45) is 2.50. The van der Waals surface area contributed by atoms with E-state index in [1.54, 1.807) is 16.8 Å².